The highest BCUT2D eigenvalue weighted by atomic mass is 16.5. The smallest absolute Gasteiger partial charge is 0.0728 e. The Morgan fingerprint density at radius 1 is 1.47 bits per heavy atom. The lowest BCUT2D eigenvalue weighted by Crippen LogP contribution is -2.35. The molecule has 0 radical (unpaired) electrons. The number of nitrogens with one attached hydrogen (secondary N) is 1. The van der Waals surface area contributed by atoms with Crippen LogP contribution in [0.25, 0.3) is 0 Å². The lowest BCUT2D eigenvalue weighted by molar-refractivity contribution is -0.00218. The van der Waals surface area contributed by atoms with Crippen molar-refractivity contribution in [2.75, 3.05) is 11.9 Å². The zero-order valence-electron chi connectivity index (χ0n) is 10.4. The van der Waals surface area contributed by atoms with E-state index in [1.54, 1.807) is 0 Å². The van der Waals surface area contributed by atoms with Gasteiger partial charge in [0.15, 0.2) is 0 Å². The predicted octanol–water partition coefficient (Wildman–Crippen LogP) is 2.27. The molecule has 0 bridgehead atoms. The van der Waals surface area contributed by atoms with Gasteiger partial charge >= 0.3 is 0 Å². The minimum Gasteiger partial charge on any atom is -0.380 e. The fourth-order valence-electron chi connectivity index (χ4n) is 2.60. The van der Waals surface area contributed by atoms with Gasteiger partial charge in [-0.25, -0.2) is 0 Å². The fourth-order valence-corrected chi connectivity index (χ4v) is 2.60. The highest BCUT2D eigenvalue weighted by Crippen LogP contribution is 2.38. The van der Waals surface area contributed by atoms with E-state index in [2.05, 4.69) is 23.5 Å². The molecule has 4 heteroatoms. The Morgan fingerprint density at radius 2 is 2.35 bits per heavy atom. The Morgan fingerprint density at radius 3 is 3.06 bits per heavy atom. The molecule has 1 aliphatic carbocycles. The molecule has 2 aliphatic rings. The van der Waals surface area contributed by atoms with Crippen molar-refractivity contribution >= 4 is 5.69 Å². The summed E-state index contributed by atoms with van der Waals surface area (Å²) in [6, 6.07) is 0.559. The third-order valence-corrected chi connectivity index (χ3v) is 3.79. The third kappa shape index (κ3) is 2.63. The van der Waals surface area contributed by atoms with Crippen molar-refractivity contribution in [3.8, 4) is 0 Å². The summed E-state index contributed by atoms with van der Waals surface area (Å²) in [7, 11) is 0. The van der Waals surface area contributed by atoms with Crippen LogP contribution >= 0.6 is 0 Å². The van der Waals surface area contributed by atoms with E-state index in [4.69, 9.17) is 4.74 Å². The van der Waals surface area contributed by atoms with Gasteiger partial charge < -0.3 is 10.1 Å². The molecule has 1 aromatic rings. The van der Waals surface area contributed by atoms with Crippen LogP contribution in [0.2, 0.25) is 0 Å². The summed E-state index contributed by atoms with van der Waals surface area (Å²) >= 11 is 0. The minimum absolute atomic E-state index is 0.502. The Hall–Kier alpha value is -1.03. The Balaban J connectivity index is 1.56. The summed E-state index contributed by atoms with van der Waals surface area (Å²) < 4.78 is 7.79. The molecule has 0 amide bonds. The van der Waals surface area contributed by atoms with E-state index in [-0.39, 0.29) is 0 Å². The van der Waals surface area contributed by atoms with Crippen molar-refractivity contribution in [2.24, 2.45) is 5.92 Å². The summed E-state index contributed by atoms with van der Waals surface area (Å²) in [4.78, 5) is 0. The van der Waals surface area contributed by atoms with E-state index in [1.165, 1.54) is 12.8 Å². The van der Waals surface area contributed by atoms with Gasteiger partial charge in [0, 0.05) is 25.4 Å². The van der Waals surface area contributed by atoms with Crippen LogP contribution in [0.4, 0.5) is 5.69 Å². The summed E-state index contributed by atoms with van der Waals surface area (Å²) in [6.45, 7) is 3.94. The average Bonchev–Trinajstić information content (AvgIpc) is 3.11. The second kappa shape index (κ2) is 4.69. The monoisotopic (exact) mass is 235 g/mol. The minimum atomic E-state index is 0.502. The molecule has 1 saturated carbocycles. The van der Waals surface area contributed by atoms with E-state index in [9.17, 15) is 0 Å². The first kappa shape index (κ1) is 11.1. The maximum absolute atomic E-state index is 5.84. The number of anilines is 1. The summed E-state index contributed by atoms with van der Waals surface area (Å²) in [6.07, 6.45) is 9.51. The number of hydrogen-bond acceptors (Lipinski definition) is 3. The van der Waals surface area contributed by atoms with E-state index in [1.807, 2.05) is 10.9 Å². The van der Waals surface area contributed by atoms with Crippen LogP contribution in [0.5, 0.6) is 0 Å². The molecule has 2 heterocycles. The van der Waals surface area contributed by atoms with Crippen molar-refractivity contribution in [1.29, 1.82) is 0 Å². The molecule has 2 unspecified atom stereocenters. The fraction of sp³-hybridized carbons (Fsp3) is 0.769. The van der Waals surface area contributed by atoms with E-state index >= 15 is 0 Å². The molecule has 1 N–H and O–H groups in total. The van der Waals surface area contributed by atoms with E-state index in [0.717, 1.165) is 37.6 Å². The number of nitrogens with zero attached hydrogens (tertiary/aromatic N) is 2. The number of aryl methyl sites for hydroxylation is 1. The second-order valence-corrected chi connectivity index (χ2v) is 5.20. The van der Waals surface area contributed by atoms with Crippen LogP contribution in [-0.2, 0) is 11.3 Å². The summed E-state index contributed by atoms with van der Waals surface area (Å²) in [5.74, 6) is 0.845. The SMILES string of the molecule is CCn1cc(NC2CCOC(C3CC3)C2)cn1. The Kier molecular flexibility index (Phi) is 3.05. The molecule has 1 saturated heterocycles. The van der Waals surface area contributed by atoms with Gasteiger partial charge in [-0.3, -0.25) is 4.68 Å². The lowest BCUT2D eigenvalue weighted by atomic mass is 10.00. The van der Waals surface area contributed by atoms with Gasteiger partial charge in [-0.15, -0.1) is 0 Å². The molecule has 94 valence electrons. The van der Waals surface area contributed by atoms with Crippen LogP contribution in [0.3, 0.4) is 0 Å². The predicted molar refractivity (Wildman–Crippen MR) is 67.0 cm³/mol. The van der Waals surface area contributed by atoms with Gasteiger partial charge in [0.05, 0.1) is 18.0 Å². The molecule has 0 aromatic carbocycles. The number of ether oxygens (including phenoxy) is 1. The van der Waals surface area contributed by atoms with Crippen molar-refractivity contribution in [3.05, 3.63) is 12.4 Å². The molecule has 2 fully saturated rings. The molecular weight excluding hydrogens is 214 g/mol. The van der Waals surface area contributed by atoms with Gasteiger partial charge in [-0.1, -0.05) is 0 Å². The van der Waals surface area contributed by atoms with Crippen LogP contribution in [-0.4, -0.2) is 28.5 Å². The molecule has 17 heavy (non-hydrogen) atoms. The topological polar surface area (TPSA) is 39.1 Å². The first-order valence-corrected chi connectivity index (χ1v) is 6.75. The maximum Gasteiger partial charge on any atom is 0.0728 e. The van der Waals surface area contributed by atoms with Crippen molar-refractivity contribution in [3.63, 3.8) is 0 Å². The summed E-state index contributed by atoms with van der Waals surface area (Å²) in [5.41, 5.74) is 1.15. The molecule has 1 aromatic heterocycles. The average molecular weight is 235 g/mol. The van der Waals surface area contributed by atoms with Gasteiger partial charge in [-0.2, -0.15) is 5.10 Å². The molecular formula is C13H21N3O. The molecule has 4 nitrogen and oxygen atoms in total. The van der Waals surface area contributed by atoms with Crippen LogP contribution in [0, 0.1) is 5.92 Å². The standard InChI is InChI=1S/C13H21N3O/c1-2-16-9-12(8-14-16)15-11-5-6-17-13(7-11)10-3-4-10/h8-11,13,15H,2-7H2,1H3. The summed E-state index contributed by atoms with van der Waals surface area (Å²) in [5, 5.41) is 7.87. The third-order valence-electron chi connectivity index (χ3n) is 3.79. The largest absolute Gasteiger partial charge is 0.380 e. The Bertz CT molecular complexity index is 372. The maximum atomic E-state index is 5.84. The highest BCUT2D eigenvalue weighted by molar-refractivity contribution is 5.39. The first-order valence-electron chi connectivity index (χ1n) is 6.75. The number of aromatic nitrogens is 2. The van der Waals surface area contributed by atoms with E-state index < -0.39 is 0 Å². The number of rotatable bonds is 4. The first-order chi connectivity index (χ1) is 8.35. The molecule has 2 atom stereocenters. The van der Waals surface area contributed by atoms with Crippen molar-refractivity contribution in [1.82, 2.24) is 9.78 Å². The van der Waals surface area contributed by atoms with Crippen LogP contribution < -0.4 is 5.32 Å². The molecule has 1 aliphatic heterocycles. The van der Waals surface area contributed by atoms with Gasteiger partial charge in [0.2, 0.25) is 0 Å². The van der Waals surface area contributed by atoms with Gasteiger partial charge in [0.1, 0.15) is 0 Å². The van der Waals surface area contributed by atoms with Crippen molar-refractivity contribution < 1.29 is 4.74 Å². The van der Waals surface area contributed by atoms with Crippen LogP contribution in [0.15, 0.2) is 12.4 Å². The lowest BCUT2D eigenvalue weighted by Gasteiger charge is -2.30. The normalized spacial score (nSPS) is 29.2. The van der Waals surface area contributed by atoms with Gasteiger partial charge in [-0.05, 0) is 38.5 Å². The van der Waals surface area contributed by atoms with Gasteiger partial charge in [0.25, 0.3) is 0 Å². The second-order valence-electron chi connectivity index (χ2n) is 5.20. The molecule has 3 rings (SSSR count). The number of hydrogen-bond donors (Lipinski definition) is 1. The van der Waals surface area contributed by atoms with Crippen LogP contribution in [0.1, 0.15) is 32.6 Å². The van der Waals surface area contributed by atoms with Crippen molar-refractivity contribution in [2.45, 2.75) is 51.3 Å². The zero-order chi connectivity index (χ0) is 11.7. The quantitative estimate of drug-likeness (QED) is 0.870. The highest BCUT2D eigenvalue weighted by Gasteiger charge is 2.35. The Labute approximate surface area is 102 Å². The zero-order valence-corrected chi connectivity index (χ0v) is 10.4. The van der Waals surface area contributed by atoms with E-state index in [0.29, 0.717) is 12.1 Å². The molecule has 0 spiro atoms.